The minimum absolute atomic E-state index is 0.144. The van der Waals surface area contributed by atoms with Gasteiger partial charge < -0.3 is 29.1 Å². The molecular weight excluding hydrogens is 436 g/mol. The van der Waals surface area contributed by atoms with Gasteiger partial charge in [-0.15, -0.1) is 11.8 Å². The molecule has 0 spiro atoms. The van der Waals surface area contributed by atoms with Crippen LogP contribution in [0.25, 0.3) is 0 Å². The number of hydrogen-bond donors (Lipinski definition) is 1. The summed E-state index contributed by atoms with van der Waals surface area (Å²) in [5, 5.41) is 11.1. The van der Waals surface area contributed by atoms with E-state index in [4.69, 9.17) is 14.2 Å². The Bertz CT molecular complexity index is 1110. The van der Waals surface area contributed by atoms with Crippen LogP contribution >= 0.6 is 11.8 Å². The van der Waals surface area contributed by atoms with Gasteiger partial charge in [-0.3, -0.25) is 0 Å². The van der Waals surface area contributed by atoms with Crippen LogP contribution in [0.3, 0.4) is 0 Å². The molecule has 0 saturated carbocycles. The summed E-state index contributed by atoms with van der Waals surface area (Å²) in [4.78, 5) is 5.51. The van der Waals surface area contributed by atoms with E-state index in [0.29, 0.717) is 6.54 Å². The van der Waals surface area contributed by atoms with Crippen LogP contribution in [0.1, 0.15) is 10.8 Å². The van der Waals surface area contributed by atoms with Gasteiger partial charge in [-0.2, -0.15) is 0 Å². The van der Waals surface area contributed by atoms with E-state index in [1.165, 1.54) is 0 Å². The van der Waals surface area contributed by atoms with E-state index >= 15 is 0 Å². The number of thioether (sulfide) groups is 1. The number of rotatable bonds is 6. The van der Waals surface area contributed by atoms with Crippen molar-refractivity contribution >= 4 is 17.4 Å². The summed E-state index contributed by atoms with van der Waals surface area (Å²) < 4.78 is 17.2. The first-order valence-electron chi connectivity index (χ1n) is 11.1. The highest BCUT2D eigenvalue weighted by Gasteiger charge is 2.32. The van der Waals surface area contributed by atoms with Crippen molar-refractivity contribution in [1.29, 1.82) is 0 Å². The quantitative estimate of drug-likeness (QED) is 0.563. The van der Waals surface area contributed by atoms with Crippen molar-refractivity contribution in [3.05, 3.63) is 72.3 Å². The first-order valence-corrected chi connectivity index (χ1v) is 12.0. The van der Waals surface area contributed by atoms with Crippen molar-refractivity contribution in [2.45, 2.75) is 16.2 Å². The van der Waals surface area contributed by atoms with Crippen molar-refractivity contribution in [1.82, 2.24) is 4.90 Å². The van der Waals surface area contributed by atoms with Crippen LogP contribution < -0.4 is 19.1 Å². The van der Waals surface area contributed by atoms with E-state index in [0.717, 1.165) is 52.2 Å². The number of para-hydroxylation sites is 1. The Hall–Kier alpha value is -2.87. The third kappa shape index (κ3) is 4.90. The molecule has 7 heteroatoms. The van der Waals surface area contributed by atoms with Gasteiger partial charge in [-0.1, -0.05) is 24.3 Å². The molecule has 2 aliphatic heterocycles. The molecule has 2 heterocycles. The summed E-state index contributed by atoms with van der Waals surface area (Å²) in [6.07, 6.45) is -0.552. The van der Waals surface area contributed by atoms with Gasteiger partial charge >= 0.3 is 0 Å². The predicted octanol–water partition coefficient (Wildman–Crippen LogP) is 4.78. The molecule has 0 amide bonds. The molecule has 0 fully saturated rings. The largest absolute Gasteiger partial charge is 0.457 e. The number of fused-ring (bicyclic) bond motifs is 2. The second kappa shape index (κ2) is 9.55. The lowest BCUT2D eigenvalue weighted by atomic mass is 10.1. The SMILES string of the molecule is CN(C)CCN1CC(O)C(c2ccc3c(c2)OCO3)Sc2cc(Oc3ccccc3)ccc21. The van der Waals surface area contributed by atoms with Gasteiger partial charge in [-0.05, 0) is 62.1 Å². The van der Waals surface area contributed by atoms with Crippen LogP contribution in [0.5, 0.6) is 23.0 Å². The second-order valence-corrected chi connectivity index (χ2v) is 9.70. The molecule has 0 aliphatic carbocycles. The fraction of sp³-hybridized carbons (Fsp3) is 0.308. The lowest BCUT2D eigenvalue weighted by Crippen LogP contribution is -2.37. The maximum absolute atomic E-state index is 11.3. The van der Waals surface area contributed by atoms with Gasteiger partial charge in [0.2, 0.25) is 6.79 Å². The number of aliphatic hydroxyl groups is 1. The number of hydrogen-bond acceptors (Lipinski definition) is 7. The third-order valence-electron chi connectivity index (χ3n) is 5.80. The molecule has 2 aliphatic rings. The normalized spacial score (nSPS) is 19.3. The molecule has 0 radical (unpaired) electrons. The standard InChI is InChI=1S/C26H28N2O4S/c1-27(2)12-13-28-16-22(29)26(18-8-11-23-24(14-18)31-17-30-23)33-25-15-20(9-10-21(25)28)32-19-6-4-3-5-7-19/h3-11,14-15,22,26,29H,12-13,16-17H2,1-2H3. The fourth-order valence-electron chi connectivity index (χ4n) is 4.09. The maximum Gasteiger partial charge on any atom is 0.231 e. The topological polar surface area (TPSA) is 54.4 Å². The Morgan fingerprint density at radius 3 is 2.64 bits per heavy atom. The first kappa shape index (κ1) is 21.9. The average Bonchev–Trinajstić information content (AvgIpc) is 3.23. The van der Waals surface area contributed by atoms with Gasteiger partial charge in [0.25, 0.3) is 0 Å². The molecule has 0 aromatic heterocycles. The maximum atomic E-state index is 11.3. The van der Waals surface area contributed by atoms with E-state index in [1.807, 2.05) is 54.6 Å². The molecule has 3 aromatic rings. The Balaban J connectivity index is 1.48. The number of benzene rings is 3. The van der Waals surface area contributed by atoms with Gasteiger partial charge in [0.05, 0.1) is 17.0 Å². The number of nitrogens with zero attached hydrogens (tertiary/aromatic N) is 2. The molecule has 1 N–H and O–H groups in total. The Morgan fingerprint density at radius 2 is 1.82 bits per heavy atom. The van der Waals surface area contributed by atoms with Crippen LogP contribution in [0.4, 0.5) is 5.69 Å². The Labute approximate surface area is 198 Å². The van der Waals surface area contributed by atoms with Crippen molar-refractivity contribution < 1.29 is 19.3 Å². The van der Waals surface area contributed by atoms with E-state index in [2.05, 4.69) is 36.0 Å². The van der Waals surface area contributed by atoms with Crippen molar-refractivity contribution in [2.75, 3.05) is 45.4 Å². The summed E-state index contributed by atoms with van der Waals surface area (Å²) in [6, 6.07) is 21.9. The molecular formula is C26H28N2O4S. The molecule has 0 saturated heterocycles. The van der Waals surface area contributed by atoms with E-state index in [9.17, 15) is 5.11 Å². The summed E-state index contributed by atoms with van der Waals surface area (Å²) in [5.74, 6) is 3.06. The van der Waals surface area contributed by atoms with Gasteiger partial charge in [-0.25, -0.2) is 0 Å². The fourth-order valence-corrected chi connectivity index (χ4v) is 5.39. The smallest absolute Gasteiger partial charge is 0.231 e. The summed E-state index contributed by atoms with van der Waals surface area (Å²) in [6.45, 7) is 2.50. The van der Waals surface area contributed by atoms with Crippen LogP contribution in [0, 0.1) is 0 Å². The summed E-state index contributed by atoms with van der Waals surface area (Å²) in [7, 11) is 4.13. The Morgan fingerprint density at radius 1 is 1.00 bits per heavy atom. The minimum atomic E-state index is -0.552. The zero-order valence-electron chi connectivity index (χ0n) is 18.8. The van der Waals surface area contributed by atoms with Crippen LogP contribution in [0.15, 0.2) is 71.6 Å². The summed E-state index contributed by atoms with van der Waals surface area (Å²) in [5.41, 5.74) is 2.14. The lowest BCUT2D eigenvalue weighted by Gasteiger charge is -2.28. The second-order valence-electron chi connectivity index (χ2n) is 8.51. The zero-order valence-corrected chi connectivity index (χ0v) is 19.6. The molecule has 33 heavy (non-hydrogen) atoms. The van der Waals surface area contributed by atoms with Gasteiger partial charge in [0, 0.05) is 24.5 Å². The molecule has 3 aromatic carbocycles. The number of likely N-dealkylation sites (N-methyl/N-ethyl adjacent to an activating group) is 1. The van der Waals surface area contributed by atoms with E-state index in [-0.39, 0.29) is 12.0 Å². The zero-order chi connectivity index (χ0) is 22.8. The van der Waals surface area contributed by atoms with Crippen molar-refractivity contribution in [3.63, 3.8) is 0 Å². The molecule has 2 atom stereocenters. The minimum Gasteiger partial charge on any atom is -0.457 e. The monoisotopic (exact) mass is 464 g/mol. The lowest BCUT2D eigenvalue weighted by molar-refractivity contribution is 0.173. The predicted molar refractivity (Wildman–Crippen MR) is 131 cm³/mol. The van der Waals surface area contributed by atoms with Gasteiger partial charge in [0.15, 0.2) is 11.5 Å². The molecule has 0 bridgehead atoms. The molecule has 172 valence electrons. The number of anilines is 1. The molecule has 6 nitrogen and oxygen atoms in total. The molecule has 5 rings (SSSR count). The van der Waals surface area contributed by atoms with Crippen LogP contribution in [-0.2, 0) is 0 Å². The third-order valence-corrected chi connectivity index (χ3v) is 7.23. The first-order chi connectivity index (χ1) is 16.1. The van der Waals surface area contributed by atoms with Crippen LogP contribution in [0.2, 0.25) is 0 Å². The Kier molecular flexibility index (Phi) is 6.35. The van der Waals surface area contributed by atoms with Crippen LogP contribution in [-0.4, -0.2) is 56.6 Å². The average molecular weight is 465 g/mol. The summed E-state index contributed by atoms with van der Waals surface area (Å²) >= 11 is 1.67. The van der Waals surface area contributed by atoms with E-state index in [1.54, 1.807) is 11.8 Å². The van der Waals surface area contributed by atoms with Gasteiger partial charge in [0.1, 0.15) is 11.5 Å². The number of ether oxygens (including phenoxy) is 3. The molecule has 2 unspecified atom stereocenters. The highest BCUT2D eigenvalue weighted by molar-refractivity contribution is 7.99. The highest BCUT2D eigenvalue weighted by Crippen LogP contribution is 2.48. The highest BCUT2D eigenvalue weighted by atomic mass is 32.2. The van der Waals surface area contributed by atoms with Crippen molar-refractivity contribution in [2.24, 2.45) is 0 Å². The number of aliphatic hydroxyl groups excluding tert-OH is 1. The van der Waals surface area contributed by atoms with Crippen molar-refractivity contribution in [3.8, 4) is 23.0 Å². The number of β-amino-alcohol motifs (C(OH)–C–C–N with tert-alkyl or cyclic N) is 1. The van der Waals surface area contributed by atoms with E-state index < -0.39 is 6.10 Å².